The van der Waals surface area contributed by atoms with Crippen molar-refractivity contribution in [1.29, 1.82) is 0 Å². The molecule has 0 saturated carbocycles. The lowest BCUT2D eigenvalue weighted by Crippen LogP contribution is -1.94. The van der Waals surface area contributed by atoms with E-state index < -0.39 is 0 Å². The quantitative estimate of drug-likeness (QED) is 0.203. The van der Waals surface area contributed by atoms with E-state index in [1.807, 2.05) is 0 Å². The molecule has 0 radical (unpaired) electrons. The summed E-state index contributed by atoms with van der Waals surface area (Å²) >= 11 is 1.80. The first-order chi connectivity index (χ1) is 21.8. The van der Waals surface area contributed by atoms with Gasteiger partial charge in [-0.25, -0.2) is 4.98 Å². The SMILES string of the molecule is c1cc(-c2cccc(-c3ccc4sc5ccccc5c4n3)c2)cc(-c2cccc(-n3c4ccccc4c4ccccc43)c2)c1. The summed E-state index contributed by atoms with van der Waals surface area (Å²) in [5, 5.41) is 3.77. The van der Waals surface area contributed by atoms with Crippen LogP contribution in [0.2, 0.25) is 0 Å². The fraction of sp³-hybridized carbons (Fsp3) is 0. The number of thiophene rings is 1. The van der Waals surface area contributed by atoms with Gasteiger partial charge in [-0.3, -0.25) is 0 Å². The van der Waals surface area contributed by atoms with Crippen molar-refractivity contribution in [3.63, 3.8) is 0 Å². The lowest BCUT2D eigenvalue weighted by molar-refractivity contribution is 1.18. The third-order valence-electron chi connectivity index (χ3n) is 8.59. The molecule has 9 aromatic rings. The summed E-state index contributed by atoms with van der Waals surface area (Å²) in [5.41, 5.74) is 11.6. The third-order valence-corrected chi connectivity index (χ3v) is 9.72. The maximum Gasteiger partial charge on any atom is 0.0895 e. The summed E-state index contributed by atoms with van der Waals surface area (Å²) in [6.45, 7) is 0. The molecule has 3 heteroatoms. The van der Waals surface area contributed by atoms with E-state index in [4.69, 9.17) is 4.98 Å². The molecule has 3 heterocycles. The van der Waals surface area contributed by atoms with E-state index in [0.29, 0.717) is 0 Å². The second kappa shape index (κ2) is 10.0. The van der Waals surface area contributed by atoms with Crippen LogP contribution in [0.25, 0.3) is 81.3 Å². The van der Waals surface area contributed by atoms with Gasteiger partial charge >= 0.3 is 0 Å². The summed E-state index contributed by atoms with van der Waals surface area (Å²) in [5.74, 6) is 0. The van der Waals surface area contributed by atoms with E-state index in [1.165, 1.54) is 58.8 Å². The zero-order valence-electron chi connectivity index (χ0n) is 23.8. The molecule has 44 heavy (non-hydrogen) atoms. The number of benzene rings is 6. The van der Waals surface area contributed by atoms with Gasteiger partial charge in [0.1, 0.15) is 0 Å². The predicted molar refractivity (Wildman–Crippen MR) is 188 cm³/mol. The Hall–Kier alpha value is -5.51. The van der Waals surface area contributed by atoms with Gasteiger partial charge in [0, 0.05) is 32.1 Å². The Morgan fingerprint density at radius 2 is 0.955 bits per heavy atom. The van der Waals surface area contributed by atoms with Gasteiger partial charge in [0.05, 0.1) is 26.9 Å². The van der Waals surface area contributed by atoms with E-state index >= 15 is 0 Å². The van der Waals surface area contributed by atoms with Crippen LogP contribution in [0.1, 0.15) is 0 Å². The molecule has 0 bridgehead atoms. The number of pyridine rings is 1. The second-order valence-electron chi connectivity index (χ2n) is 11.2. The van der Waals surface area contributed by atoms with Crippen LogP contribution in [-0.4, -0.2) is 9.55 Å². The van der Waals surface area contributed by atoms with Crippen molar-refractivity contribution < 1.29 is 0 Å². The highest BCUT2D eigenvalue weighted by molar-refractivity contribution is 7.25. The molecule has 0 amide bonds. The molecule has 9 rings (SSSR count). The Morgan fingerprint density at radius 3 is 1.66 bits per heavy atom. The van der Waals surface area contributed by atoms with Gasteiger partial charge in [-0.1, -0.05) is 103 Å². The molecule has 0 atom stereocenters. The molecule has 3 aromatic heterocycles. The summed E-state index contributed by atoms with van der Waals surface area (Å²) in [6, 6.07) is 56.7. The molecule has 0 aliphatic carbocycles. The molecule has 2 nitrogen and oxygen atoms in total. The van der Waals surface area contributed by atoms with E-state index in [0.717, 1.165) is 22.5 Å². The Kier molecular flexibility index (Phi) is 5.71. The Labute approximate surface area is 259 Å². The molecular formula is C41H26N2S. The normalized spacial score (nSPS) is 11.6. The monoisotopic (exact) mass is 578 g/mol. The van der Waals surface area contributed by atoms with Gasteiger partial charge in [0.15, 0.2) is 0 Å². The first-order valence-electron chi connectivity index (χ1n) is 14.9. The Morgan fingerprint density at radius 1 is 0.409 bits per heavy atom. The number of hydrogen-bond donors (Lipinski definition) is 0. The minimum absolute atomic E-state index is 0.998. The summed E-state index contributed by atoms with van der Waals surface area (Å²) in [6.07, 6.45) is 0. The fourth-order valence-corrected chi connectivity index (χ4v) is 7.56. The van der Waals surface area contributed by atoms with Crippen LogP contribution in [0.5, 0.6) is 0 Å². The number of para-hydroxylation sites is 2. The average molecular weight is 579 g/mol. The van der Waals surface area contributed by atoms with Gasteiger partial charge in [-0.05, 0) is 76.9 Å². The molecular weight excluding hydrogens is 553 g/mol. The van der Waals surface area contributed by atoms with Crippen LogP contribution in [0.3, 0.4) is 0 Å². The number of nitrogens with zero attached hydrogens (tertiary/aromatic N) is 2. The van der Waals surface area contributed by atoms with Crippen LogP contribution in [0.15, 0.2) is 158 Å². The van der Waals surface area contributed by atoms with E-state index in [2.05, 4.69) is 162 Å². The fourth-order valence-electron chi connectivity index (χ4n) is 6.51. The minimum Gasteiger partial charge on any atom is -0.309 e. The number of hydrogen-bond acceptors (Lipinski definition) is 2. The van der Waals surface area contributed by atoms with E-state index in [1.54, 1.807) is 11.3 Å². The second-order valence-corrected chi connectivity index (χ2v) is 12.3. The molecule has 206 valence electrons. The zero-order valence-corrected chi connectivity index (χ0v) is 24.6. The maximum atomic E-state index is 5.12. The van der Waals surface area contributed by atoms with Gasteiger partial charge < -0.3 is 4.57 Å². The lowest BCUT2D eigenvalue weighted by Gasteiger charge is -2.12. The summed E-state index contributed by atoms with van der Waals surface area (Å²) in [4.78, 5) is 5.12. The van der Waals surface area contributed by atoms with Crippen molar-refractivity contribution in [3.8, 4) is 39.2 Å². The van der Waals surface area contributed by atoms with Crippen molar-refractivity contribution in [1.82, 2.24) is 9.55 Å². The van der Waals surface area contributed by atoms with Crippen molar-refractivity contribution in [2.45, 2.75) is 0 Å². The van der Waals surface area contributed by atoms with Gasteiger partial charge in [0.2, 0.25) is 0 Å². The smallest absolute Gasteiger partial charge is 0.0895 e. The largest absolute Gasteiger partial charge is 0.309 e. The number of fused-ring (bicyclic) bond motifs is 6. The highest BCUT2D eigenvalue weighted by Crippen LogP contribution is 2.36. The van der Waals surface area contributed by atoms with Crippen LogP contribution < -0.4 is 0 Å². The molecule has 0 unspecified atom stereocenters. The van der Waals surface area contributed by atoms with Crippen LogP contribution in [0, 0.1) is 0 Å². The topological polar surface area (TPSA) is 17.8 Å². The van der Waals surface area contributed by atoms with Crippen LogP contribution >= 0.6 is 11.3 Å². The highest BCUT2D eigenvalue weighted by atomic mass is 32.1. The minimum atomic E-state index is 0.998. The molecule has 0 N–H and O–H groups in total. The Balaban J connectivity index is 1.11. The highest BCUT2D eigenvalue weighted by Gasteiger charge is 2.13. The molecule has 0 fully saturated rings. The van der Waals surface area contributed by atoms with Gasteiger partial charge in [-0.2, -0.15) is 0 Å². The molecule has 6 aromatic carbocycles. The van der Waals surface area contributed by atoms with Crippen molar-refractivity contribution in [3.05, 3.63) is 158 Å². The predicted octanol–water partition coefficient (Wildman–Crippen LogP) is 11.5. The first-order valence-corrected chi connectivity index (χ1v) is 15.7. The molecule has 0 saturated heterocycles. The molecule has 0 aliphatic heterocycles. The van der Waals surface area contributed by atoms with Crippen LogP contribution in [0.4, 0.5) is 0 Å². The maximum absolute atomic E-state index is 5.12. The van der Waals surface area contributed by atoms with Crippen LogP contribution in [-0.2, 0) is 0 Å². The lowest BCUT2D eigenvalue weighted by atomic mass is 9.97. The molecule has 0 spiro atoms. The van der Waals surface area contributed by atoms with Crippen molar-refractivity contribution in [2.24, 2.45) is 0 Å². The van der Waals surface area contributed by atoms with Gasteiger partial charge in [0.25, 0.3) is 0 Å². The molecule has 0 aliphatic rings. The van der Waals surface area contributed by atoms with Crippen molar-refractivity contribution in [2.75, 3.05) is 0 Å². The summed E-state index contributed by atoms with van der Waals surface area (Å²) in [7, 11) is 0. The average Bonchev–Trinajstić information content (AvgIpc) is 3.64. The third kappa shape index (κ3) is 4.05. The Bertz CT molecular complexity index is 2460. The number of rotatable bonds is 4. The first kappa shape index (κ1) is 25.0. The van der Waals surface area contributed by atoms with Crippen molar-refractivity contribution >= 4 is 53.4 Å². The standard InChI is InChI=1S/C41H26N2S/c1-4-19-37-33(16-1)34-17-2-5-20-38(34)43(37)32-15-9-13-30(26-32)28-11-7-10-27(24-28)29-12-8-14-31(25-29)36-22-23-40-41(42-36)35-18-3-6-21-39(35)44-40/h1-26H. The van der Waals surface area contributed by atoms with E-state index in [-0.39, 0.29) is 0 Å². The van der Waals surface area contributed by atoms with Gasteiger partial charge in [-0.15, -0.1) is 11.3 Å². The van der Waals surface area contributed by atoms with E-state index in [9.17, 15) is 0 Å². The number of aromatic nitrogens is 2. The zero-order chi connectivity index (χ0) is 29.0. The summed E-state index contributed by atoms with van der Waals surface area (Å²) < 4.78 is 4.88.